The van der Waals surface area contributed by atoms with Crippen molar-refractivity contribution in [1.29, 1.82) is 0 Å². The first-order valence-corrected chi connectivity index (χ1v) is 7.65. The standard InChI is InChI=1S/C19H20N2O3/c1-11(2)18(23)14-7-13(12(3)22)8-15(9-14)19(24)21-17-6-4-5-16(20)10-17/h4-11H,20H2,1-3H3,(H,21,24). The summed E-state index contributed by atoms with van der Waals surface area (Å²) in [7, 11) is 0. The normalized spacial score (nSPS) is 10.5. The van der Waals surface area contributed by atoms with Crippen molar-refractivity contribution in [1.82, 2.24) is 0 Å². The van der Waals surface area contributed by atoms with E-state index in [2.05, 4.69) is 5.32 Å². The molecule has 1 amide bonds. The Morgan fingerprint density at radius 2 is 1.58 bits per heavy atom. The maximum Gasteiger partial charge on any atom is 0.255 e. The molecule has 0 radical (unpaired) electrons. The highest BCUT2D eigenvalue weighted by Gasteiger charge is 2.17. The van der Waals surface area contributed by atoms with Crippen molar-refractivity contribution in [3.8, 4) is 0 Å². The lowest BCUT2D eigenvalue weighted by Crippen LogP contribution is -2.15. The SMILES string of the molecule is CC(=O)c1cc(C(=O)Nc2cccc(N)c2)cc(C(=O)C(C)C)c1. The van der Waals surface area contributed by atoms with Crippen LogP contribution in [0.5, 0.6) is 0 Å². The first kappa shape index (κ1) is 17.4. The zero-order chi connectivity index (χ0) is 17.9. The number of carbonyl (C=O) groups is 3. The van der Waals surface area contributed by atoms with Crippen molar-refractivity contribution >= 4 is 28.8 Å². The molecular weight excluding hydrogens is 304 g/mol. The third-order valence-electron chi connectivity index (χ3n) is 3.56. The maximum absolute atomic E-state index is 12.5. The van der Waals surface area contributed by atoms with Crippen LogP contribution < -0.4 is 11.1 Å². The molecule has 2 aromatic rings. The molecule has 0 spiro atoms. The molecule has 2 aromatic carbocycles. The topological polar surface area (TPSA) is 89.3 Å². The van der Waals surface area contributed by atoms with Crippen LogP contribution in [0, 0.1) is 5.92 Å². The van der Waals surface area contributed by atoms with E-state index < -0.39 is 5.91 Å². The minimum Gasteiger partial charge on any atom is -0.399 e. The smallest absolute Gasteiger partial charge is 0.255 e. The Morgan fingerprint density at radius 1 is 0.958 bits per heavy atom. The number of benzene rings is 2. The molecule has 24 heavy (non-hydrogen) atoms. The fraction of sp³-hybridized carbons (Fsp3) is 0.211. The van der Waals surface area contributed by atoms with E-state index >= 15 is 0 Å². The van der Waals surface area contributed by atoms with Gasteiger partial charge in [-0.05, 0) is 43.3 Å². The maximum atomic E-state index is 12.5. The number of amides is 1. The predicted octanol–water partition coefficient (Wildman–Crippen LogP) is 3.56. The summed E-state index contributed by atoms with van der Waals surface area (Å²) in [4.78, 5) is 36.4. The fourth-order valence-corrected chi connectivity index (χ4v) is 2.26. The minimum atomic E-state index is -0.401. The van der Waals surface area contributed by atoms with Crippen LogP contribution in [0.15, 0.2) is 42.5 Å². The van der Waals surface area contributed by atoms with Gasteiger partial charge in [-0.2, -0.15) is 0 Å². The van der Waals surface area contributed by atoms with Crippen molar-refractivity contribution in [2.45, 2.75) is 20.8 Å². The first-order chi connectivity index (χ1) is 11.3. The van der Waals surface area contributed by atoms with E-state index in [1.807, 2.05) is 0 Å². The van der Waals surface area contributed by atoms with Gasteiger partial charge in [0.1, 0.15) is 0 Å². The van der Waals surface area contributed by atoms with Crippen molar-refractivity contribution in [3.05, 3.63) is 59.2 Å². The predicted molar refractivity (Wildman–Crippen MR) is 94.4 cm³/mol. The zero-order valence-electron chi connectivity index (χ0n) is 13.9. The monoisotopic (exact) mass is 324 g/mol. The second-order valence-corrected chi connectivity index (χ2v) is 5.95. The Bertz CT molecular complexity index is 810. The Kier molecular flexibility index (Phi) is 5.14. The molecule has 0 aromatic heterocycles. The van der Waals surface area contributed by atoms with Crippen LogP contribution >= 0.6 is 0 Å². The summed E-state index contributed by atoms with van der Waals surface area (Å²) in [6.45, 7) is 4.95. The quantitative estimate of drug-likeness (QED) is 0.650. The number of nitrogen functional groups attached to an aromatic ring is 1. The number of Topliss-reactive ketones (excluding diaryl/α,β-unsaturated/α-hetero) is 2. The largest absolute Gasteiger partial charge is 0.399 e. The number of anilines is 2. The molecule has 0 aliphatic rings. The van der Waals surface area contributed by atoms with Gasteiger partial charge in [-0.1, -0.05) is 19.9 Å². The van der Waals surface area contributed by atoms with Crippen molar-refractivity contribution in [2.24, 2.45) is 5.92 Å². The van der Waals surface area contributed by atoms with Crippen molar-refractivity contribution in [2.75, 3.05) is 11.1 Å². The molecule has 5 heteroatoms. The van der Waals surface area contributed by atoms with E-state index in [1.54, 1.807) is 38.1 Å². The van der Waals surface area contributed by atoms with E-state index in [-0.39, 0.29) is 23.0 Å². The molecule has 0 saturated carbocycles. The Balaban J connectivity index is 2.39. The molecule has 5 nitrogen and oxygen atoms in total. The van der Waals surface area contributed by atoms with Gasteiger partial charge in [0, 0.05) is 34.0 Å². The van der Waals surface area contributed by atoms with Gasteiger partial charge in [0.15, 0.2) is 11.6 Å². The van der Waals surface area contributed by atoms with Crippen LogP contribution in [0.25, 0.3) is 0 Å². The Morgan fingerprint density at radius 3 is 2.17 bits per heavy atom. The molecule has 0 heterocycles. The summed E-state index contributed by atoms with van der Waals surface area (Å²) < 4.78 is 0. The molecular formula is C19H20N2O3. The van der Waals surface area contributed by atoms with Gasteiger partial charge in [-0.3, -0.25) is 14.4 Å². The Hall–Kier alpha value is -2.95. The van der Waals surface area contributed by atoms with E-state index in [9.17, 15) is 14.4 Å². The lowest BCUT2D eigenvalue weighted by molar-refractivity contribution is 0.0939. The molecule has 124 valence electrons. The highest BCUT2D eigenvalue weighted by atomic mass is 16.2. The lowest BCUT2D eigenvalue weighted by atomic mass is 9.95. The second-order valence-electron chi connectivity index (χ2n) is 5.95. The number of ketones is 2. The van der Waals surface area contributed by atoms with Gasteiger partial charge in [-0.25, -0.2) is 0 Å². The summed E-state index contributed by atoms with van der Waals surface area (Å²) in [5.41, 5.74) is 7.72. The molecule has 0 saturated heterocycles. The third-order valence-corrected chi connectivity index (χ3v) is 3.56. The molecule has 0 aliphatic heterocycles. The average molecular weight is 324 g/mol. The molecule has 2 rings (SSSR count). The Labute approximate surface area is 140 Å². The number of hydrogen-bond donors (Lipinski definition) is 2. The molecule has 3 N–H and O–H groups in total. The summed E-state index contributed by atoms with van der Waals surface area (Å²) in [6, 6.07) is 11.3. The summed E-state index contributed by atoms with van der Waals surface area (Å²) in [5.74, 6) is -0.943. The van der Waals surface area contributed by atoms with Gasteiger partial charge >= 0.3 is 0 Å². The number of hydrogen-bond acceptors (Lipinski definition) is 4. The van der Waals surface area contributed by atoms with Crippen molar-refractivity contribution in [3.63, 3.8) is 0 Å². The fourth-order valence-electron chi connectivity index (χ4n) is 2.26. The van der Waals surface area contributed by atoms with Gasteiger partial charge in [-0.15, -0.1) is 0 Å². The number of nitrogens with one attached hydrogen (secondary N) is 1. The first-order valence-electron chi connectivity index (χ1n) is 7.65. The summed E-state index contributed by atoms with van der Waals surface area (Å²) >= 11 is 0. The van der Waals surface area contributed by atoms with E-state index in [4.69, 9.17) is 5.73 Å². The number of carbonyl (C=O) groups excluding carboxylic acids is 3. The van der Waals surface area contributed by atoms with Crippen LogP contribution in [0.1, 0.15) is 51.8 Å². The average Bonchev–Trinajstić information content (AvgIpc) is 2.53. The van der Waals surface area contributed by atoms with E-state index in [0.29, 0.717) is 22.5 Å². The highest BCUT2D eigenvalue weighted by Crippen LogP contribution is 2.18. The molecule has 0 atom stereocenters. The van der Waals surface area contributed by atoms with Crippen LogP contribution in [0.2, 0.25) is 0 Å². The minimum absolute atomic E-state index is 0.115. The van der Waals surface area contributed by atoms with Gasteiger partial charge in [0.05, 0.1) is 0 Å². The third kappa shape index (κ3) is 4.07. The molecule has 0 aliphatic carbocycles. The van der Waals surface area contributed by atoms with Crippen LogP contribution in [-0.2, 0) is 0 Å². The second kappa shape index (κ2) is 7.08. The lowest BCUT2D eigenvalue weighted by Gasteiger charge is -2.10. The van der Waals surface area contributed by atoms with E-state index in [0.717, 1.165) is 0 Å². The van der Waals surface area contributed by atoms with E-state index in [1.165, 1.54) is 25.1 Å². The number of nitrogens with two attached hydrogens (primary N) is 1. The number of rotatable bonds is 5. The molecule has 0 fully saturated rings. The van der Waals surface area contributed by atoms with Crippen LogP contribution in [0.4, 0.5) is 11.4 Å². The summed E-state index contributed by atoms with van der Waals surface area (Å²) in [6.07, 6.45) is 0. The zero-order valence-corrected chi connectivity index (χ0v) is 13.9. The van der Waals surface area contributed by atoms with Crippen LogP contribution in [-0.4, -0.2) is 17.5 Å². The van der Waals surface area contributed by atoms with Gasteiger partial charge < -0.3 is 11.1 Å². The molecule has 0 unspecified atom stereocenters. The van der Waals surface area contributed by atoms with Gasteiger partial charge in [0.25, 0.3) is 5.91 Å². The molecule has 0 bridgehead atoms. The van der Waals surface area contributed by atoms with Crippen LogP contribution in [0.3, 0.4) is 0 Å². The highest BCUT2D eigenvalue weighted by molar-refractivity contribution is 6.09. The summed E-state index contributed by atoms with van der Waals surface area (Å²) in [5, 5.41) is 2.72. The van der Waals surface area contributed by atoms with Crippen molar-refractivity contribution < 1.29 is 14.4 Å². The van der Waals surface area contributed by atoms with Gasteiger partial charge in [0.2, 0.25) is 0 Å².